The van der Waals surface area contributed by atoms with E-state index in [9.17, 15) is 14.9 Å². The van der Waals surface area contributed by atoms with E-state index in [4.69, 9.17) is 5.11 Å². The van der Waals surface area contributed by atoms with Gasteiger partial charge in [-0.3, -0.25) is 19.6 Å². The Bertz CT molecular complexity index is 551. The molecule has 1 aliphatic rings. The Balaban J connectivity index is 2.17. The van der Waals surface area contributed by atoms with Crippen LogP contribution in [0, 0.1) is 22.5 Å². The zero-order chi connectivity index (χ0) is 14.9. The van der Waals surface area contributed by atoms with Crippen LogP contribution in [0.1, 0.15) is 31.9 Å². The van der Waals surface area contributed by atoms with E-state index in [1.165, 1.54) is 11.8 Å². The number of nitrogens with zero attached hydrogens (tertiary/aromatic N) is 3. The fourth-order valence-corrected chi connectivity index (χ4v) is 3.72. The number of carbonyl (C=O) groups is 1. The average Bonchev–Trinajstić information content (AvgIpc) is 3.01. The number of carboxylic acid groups (broad SMARTS) is 1. The standard InChI is InChI=1S/C12H17N3O4S/c1-3-14-11(10(15(18)19)8(2)13-14)20-7-12(4-5-12)6-9(16)17/h3-7H2,1-2H3,(H,16,17). The molecule has 8 heteroatoms. The molecule has 0 aliphatic heterocycles. The van der Waals surface area contributed by atoms with Crippen molar-refractivity contribution in [2.24, 2.45) is 5.41 Å². The zero-order valence-electron chi connectivity index (χ0n) is 11.5. The first-order valence-electron chi connectivity index (χ1n) is 6.45. The number of rotatable bonds is 7. The number of thioether (sulfide) groups is 1. The molecule has 0 spiro atoms. The van der Waals surface area contributed by atoms with Crippen LogP contribution in [0.15, 0.2) is 5.03 Å². The molecule has 1 aromatic heterocycles. The van der Waals surface area contributed by atoms with Crippen LogP contribution in [0.3, 0.4) is 0 Å². The molecule has 0 bridgehead atoms. The van der Waals surface area contributed by atoms with Crippen molar-refractivity contribution in [3.8, 4) is 0 Å². The van der Waals surface area contributed by atoms with E-state index in [-0.39, 0.29) is 17.5 Å². The molecular formula is C12H17N3O4S. The minimum atomic E-state index is -0.808. The highest BCUT2D eigenvalue weighted by Gasteiger charge is 2.45. The Hall–Kier alpha value is -1.57. The maximum Gasteiger partial charge on any atom is 0.323 e. The molecule has 0 saturated heterocycles. The quantitative estimate of drug-likeness (QED) is 0.472. The van der Waals surface area contributed by atoms with E-state index in [1.54, 1.807) is 11.6 Å². The Morgan fingerprint density at radius 1 is 1.60 bits per heavy atom. The largest absolute Gasteiger partial charge is 0.481 e. The molecule has 1 aliphatic carbocycles. The summed E-state index contributed by atoms with van der Waals surface area (Å²) in [7, 11) is 0. The van der Waals surface area contributed by atoms with Gasteiger partial charge in [0.15, 0.2) is 5.03 Å². The molecule has 0 aromatic carbocycles. The van der Waals surface area contributed by atoms with E-state index >= 15 is 0 Å². The molecular weight excluding hydrogens is 282 g/mol. The first-order valence-corrected chi connectivity index (χ1v) is 7.43. The van der Waals surface area contributed by atoms with Crippen molar-refractivity contribution in [3.05, 3.63) is 15.8 Å². The van der Waals surface area contributed by atoms with Gasteiger partial charge < -0.3 is 5.11 Å². The third-order valence-electron chi connectivity index (χ3n) is 3.53. The molecule has 7 nitrogen and oxygen atoms in total. The summed E-state index contributed by atoms with van der Waals surface area (Å²) in [5.41, 5.74) is 0.256. The first kappa shape index (κ1) is 14.8. The fraction of sp³-hybridized carbons (Fsp3) is 0.667. The van der Waals surface area contributed by atoms with Crippen molar-refractivity contribution in [2.75, 3.05) is 5.75 Å². The van der Waals surface area contributed by atoms with Crippen LogP contribution in [-0.2, 0) is 11.3 Å². The van der Waals surface area contributed by atoms with Crippen LogP contribution < -0.4 is 0 Å². The highest BCUT2D eigenvalue weighted by Crippen LogP contribution is 2.52. The van der Waals surface area contributed by atoms with Crippen molar-refractivity contribution in [2.45, 2.75) is 44.7 Å². The molecule has 1 saturated carbocycles. The molecule has 1 aromatic rings. The Labute approximate surface area is 120 Å². The number of carboxylic acids is 1. The van der Waals surface area contributed by atoms with Gasteiger partial charge in [-0.25, -0.2) is 0 Å². The summed E-state index contributed by atoms with van der Waals surface area (Å²) in [6.07, 6.45) is 1.88. The van der Waals surface area contributed by atoms with Gasteiger partial charge >= 0.3 is 11.7 Å². The number of aliphatic carboxylic acids is 1. The maximum absolute atomic E-state index is 11.1. The first-order chi connectivity index (χ1) is 9.38. The minimum Gasteiger partial charge on any atom is -0.481 e. The predicted molar refractivity (Wildman–Crippen MR) is 73.9 cm³/mol. The van der Waals surface area contributed by atoms with Crippen LogP contribution in [-0.4, -0.2) is 31.5 Å². The highest BCUT2D eigenvalue weighted by molar-refractivity contribution is 7.99. The van der Waals surface area contributed by atoms with Gasteiger partial charge in [0.05, 0.1) is 11.3 Å². The lowest BCUT2D eigenvalue weighted by Crippen LogP contribution is -2.12. The number of hydrogen-bond acceptors (Lipinski definition) is 5. The summed E-state index contributed by atoms with van der Waals surface area (Å²) in [5, 5.41) is 24.7. The van der Waals surface area contributed by atoms with Gasteiger partial charge in [0.2, 0.25) is 0 Å². The SMILES string of the molecule is CCn1nc(C)c([N+](=O)[O-])c1SCC1(CC(=O)O)CC1. The van der Waals surface area contributed by atoms with E-state index in [0.29, 0.717) is 23.0 Å². The third-order valence-corrected chi connectivity index (χ3v) is 4.97. The lowest BCUT2D eigenvalue weighted by atomic mass is 10.1. The normalized spacial score (nSPS) is 16.1. The summed E-state index contributed by atoms with van der Waals surface area (Å²) < 4.78 is 1.62. The lowest BCUT2D eigenvalue weighted by molar-refractivity contribution is -0.388. The van der Waals surface area contributed by atoms with E-state index < -0.39 is 10.9 Å². The van der Waals surface area contributed by atoms with Crippen molar-refractivity contribution >= 4 is 23.4 Å². The molecule has 0 unspecified atom stereocenters. The molecule has 1 N–H and O–H groups in total. The maximum atomic E-state index is 11.1. The van der Waals surface area contributed by atoms with Gasteiger partial charge in [-0.1, -0.05) is 11.8 Å². The van der Waals surface area contributed by atoms with E-state index in [0.717, 1.165) is 12.8 Å². The molecule has 20 heavy (non-hydrogen) atoms. The van der Waals surface area contributed by atoms with Crippen molar-refractivity contribution in [3.63, 3.8) is 0 Å². The Morgan fingerprint density at radius 2 is 2.25 bits per heavy atom. The Morgan fingerprint density at radius 3 is 2.70 bits per heavy atom. The number of aromatic nitrogens is 2. The van der Waals surface area contributed by atoms with Crippen LogP contribution in [0.5, 0.6) is 0 Å². The van der Waals surface area contributed by atoms with Gasteiger partial charge in [-0.05, 0) is 32.1 Å². The van der Waals surface area contributed by atoms with Crippen LogP contribution in [0.25, 0.3) is 0 Å². The highest BCUT2D eigenvalue weighted by atomic mass is 32.2. The van der Waals surface area contributed by atoms with Gasteiger partial charge in [0.25, 0.3) is 0 Å². The van der Waals surface area contributed by atoms with Crippen LogP contribution >= 0.6 is 11.8 Å². The molecule has 2 rings (SSSR count). The summed E-state index contributed by atoms with van der Waals surface area (Å²) in [6.45, 7) is 4.06. The second-order valence-corrected chi connectivity index (χ2v) is 6.14. The van der Waals surface area contributed by atoms with Crippen LogP contribution in [0.2, 0.25) is 0 Å². The van der Waals surface area contributed by atoms with Gasteiger partial charge in [-0.2, -0.15) is 5.10 Å². The summed E-state index contributed by atoms with van der Waals surface area (Å²) >= 11 is 1.35. The predicted octanol–water partition coefficient (Wildman–Crippen LogP) is 2.47. The van der Waals surface area contributed by atoms with Gasteiger partial charge in [-0.15, -0.1) is 0 Å². The molecule has 0 amide bonds. The topological polar surface area (TPSA) is 98.3 Å². The zero-order valence-corrected chi connectivity index (χ0v) is 12.3. The smallest absolute Gasteiger partial charge is 0.323 e. The van der Waals surface area contributed by atoms with Crippen molar-refractivity contribution < 1.29 is 14.8 Å². The monoisotopic (exact) mass is 299 g/mol. The van der Waals surface area contributed by atoms with Gasteiger partial charge in [0, 0.05) is 12.3 Å². The van der Waals surface area contributed by atoms with Gasteiger partial charge in [0.1, 0.15) is 5.69 Å². The van der Waals surface area contributed by atoms with E-state index in [1.807, 2.05) is 6.92 Å². The number of hydrogen-bond donors (Lipinski definition) is 1. The molecule has 0 atom stereocenters. The second kappa shape index (κ2) is 5.43. The fourth-order valence-electron chi connectivity index (χ4n) is 2.21. The molecule has 110 valence electrons. The molecule has 1 fully saturated rings. The van der Waals surface area contributed by atoms with Crippen LogP contribution in [0.4, 0.5) is 5.69 Å². The Kier molecular flexibility index (Phi) is 4.03. The minimum absolute atomic E-state index is 0.0444. The second-order valence-electron chi connectivity index (χ2n) is 5.17. The number of nitro groups is 1. The van der Waals surface area contributed by atoms with Crippen molar-refractivity contribution in [1.29, 1.82) is 0 Å². The average molecular weight is 299 g/mol. The lowest BCUT2D eigenvalue weighted by Gasteiger charge is -2.11. The van der Waals surface area contributed by atoms with Crippen molar-refractivity contribution in [1.82, 2.24) is 9.78 Å². The van der Waals surface area contributed by atoms with E-state index in [2.05, 4.69) is 5.10 Å². The summed E-state index contributed by atoms with van der Waals surface area (Å²) in [4.78, 5) is 21.6. The molecule has 1 heterocycles. The molecule has 0 radical (unpaired) electrons. The summed E-state index contributed by atoms with van der Waals surface area (Å²) in [6, 6.07) is 0. The third kappa shape index (κ3) is 2.95. The summed E-state index contributed by atoms with van der Waals surface area (Å²) in [5.74, 6) is -0.219. The number of aryl methyl sites for hydroxylation is 2.